The smallest absolute Gasteiger partial charge is 0.250 e. The number of hydrogen-bond acceptors (Lipinski definition) is 6. The summed E-state index contributed by atoms with van der Waals surface area (Å²) in [7, 11) is 0. The number of alkyl halides is 2. The molecule has 0 atom stereocenters. The number of aromatic nitrogens is 2. The third kappa shape index (κ3) is 7.03. The summed E-state index contributed by atoms with van der Waals surface area (Å²) in [5, 5.41) is 6.55. The van der Waals surface area contributed by atoms with E-state index in [1.165, 1.54) is 18.5 Å². The van der Waals surface area contributed by atoms with Gasteiger partial charge in [-0.05, 0) is 48.4 Å². The second kappa shape index (κ2) is 12.6. The highest BCUT2D eigenvalue weighted by Gasteiger charge is 2.33. The molecule has 0 bridgehead atoms. The van der Waals surface area contributed by atoms with Crippen LogP contribution in [0.1, 0.15) is 19.3 Å². The SMILES string of the molecule is C=CC(=O)Nc1cc2c(Nc3cccc(-c4ccc(F)cc4F)c3)ncnc2cc1OCCCN1CCC(F)(F)CC1. The van der Waals surface area contributed by atoms with Crippen LogP contribution in [-0.2, 0) is 4.79 Å². The van der Waals surface area contributed by atoms with Crippen molar-refractivity contribution in [3.8, 4) is 16.9 Å². The van der Waals surface area contributed by atoms with E-state index in [1.54, 1.807) is 36.4 Å². The van der Waals surface area contributed by atoms with E-state index in [1.807, 2.05) is 4.90 Å². The molecule has 4 aromatic rings. The van der Waals surface area contributed by atoms with Crippen molar-refractivity contribution in [2.45, 2.75) is 25.2 Å². The maximum atomic E-state index is 14.4. The van der Waals surface area contributed by atoms with Crippen LogP contribution in [0.5, 0.6) is 5.75 Å². The molecule has 1 aliphatic heterocycles. The molecule has 1 saturated heterocycles. The maximum Gasteiger partial charge on any atom is 0.250 e. The highest BCUT2D eigenvalue weighted by molar-refractivity contribution is 6.03. The molecule has 1 amide bonds. The van der Waals surface area contributed by atoms with Crippen LogP contribution in [0.2, 0.25) is 0 Å². The first-order valence-corrected chi connectivity index (χ1v) is 13.5. The van der Waals surface area contributed by atoms with Crippen molar-refractivity contribution in [2.24, 2.45) is 0 Å². The zero-order chi connectivity index (χ0) is 29.7. The van der Waals surface area contributed by atoms with Crippen LogP contribution < -0.4 is 15.4 Å². The van der Waals surface area contributed by atoms with E-state index in [0.717, 1.165) is 12.1 Å². The van der Waals surface area contributed by atoms with Crippen molar-refractivity contribution in [3.63, 3.8) is 0 Å². The lowest BCUT2D eigenvalue weighted by Crippen LogP contribution is -2.40. The first-order valence-electron chi connectivity index (χ1n) is 13.5. The van der Waals surface area contributed by atoms with Gasteiger partial charge >= 0.3 is 0 Å². The van der Waals surface area contributed by atoms with Gasteiger partial charge in [0.25, 0.3) is 5.92 Å². The first-order chi connectivity index (χ1) is 20.2. The molecule has 7 nitrogen and oxygen atoms in total. The summed E-state index contributed by atoms with van der Waals surface area (Å²) in [6.07, 6.45) is 2.85. The number of likely N-dealkylation sites (tertiary alicyclic amines) is 1. The fourth-order valence-corrected chi connectivity index (χ4v) is 4.78. The number of hydrogen-bond donors (Lipinski definition) is 2. The Morgan fingerprint density at radius 2 is 1.88 bits per heavy atom. The summed E-state index contributed by atoms with van der Waals surface area (Å²) >= 11 is 0. The standard InChI is InChI=1S/C31H29F4N5O2/c1-2-29(41)39-27-17-24-26(18-28(27)42-14-4-11-40-12-9-31(34,35)10-13-40)36-19-37-30(24)38-22-6-3-5-20(15-22)23-8-7-21(32)16-25(23)33/h2-3,5-8,15-19H,1,4,9-14H2,(H,39,41)(H,36,37,38). The van der Waals surface area contributed by atoms with Crippen LogP contribution in [0.15, 0.2) is 73.6 Å². The molecule has 0 radical (unpaired) electrons. The molecule has 11 heteroatoms. The Balaban J connectivity index is 1.35. The number of nitrogens with one attached hydrogen (secondary N) is 2. The Labute approximate surface area is 240 Å². The summed E-state index contributed by atoms with van der Waals surface area (Å²) in [6, 6.07) is 13.7. The molecule has 1 aromatic heterocycles. The van der Waals surface area contributed by atoms with Gasteiger partial charge in [0.2, 0.25) is 5.91 Å². The number of carbonyl (C=O) groups is 1. The van der Waals surface area contributed by atoms with Crippen molar-refractivity contribution >= 4 is 34.0 Å². The third-order valence-corrected chi connectivity index (χ3v) is 7.01. The number of ether oxygens (including phenoxy) is 1. The Morgan fingerprint density at radius 3 is 2.64 bits per heavy atom. The molecular weight excluding hydrogens is 550 g/mol. The molecule has 3 aromatic carbocycles. The van der Waals surface area contributed by atoms with Crippen LogP contribution in [0.25, 0.3) is 22.0 Å². The van der Waals surface area contributed by atoms with Gasteiger partial charge in [0.15, 0.2) is 0 Å². The second-order valence-electron chi connectivity index (χ2n) is 10.0. The lowest BCUT2D eigenvalue weighted by molar-refractivity contribution is -0.111. The summed E-state index contributed by atoms with van der Waals surface area (Å²) in [6.45, 7) is 5.12. The highest BCUT2D eigenvalue weighted by atomic mass is 19.3. The van der Waals surface area contributed by atoms with Gasteiger partial charge in [0.1, 0.15) is 29.5 Å². The van der Waals surface area contributed by atoms with Crippen LogP contribution in [0, 0.1) is 11.6 Å². The molecular formula is C31H29F4N5O2. The van der Waals surface area contributed by atoms with Crippen LogP contribution in [0.3, 0.4) is 0 Å². The van der Waals surface area contributed by atoms with E-state index in [-0.39, 0.29) is 18.4 Å². The van der Waals surface area contributed by atoms with Gasteiger partial charge in [-0.3, -0.25) is 4.79 Å². The third-order valence-electron chi connectivity index (χ3n) is 7.01. The zero-order valence-corrected chi connectivity index (χ0v) is 22.7. The lowest BCUT2D eigenvalue weighted by atomic mass is 10.0. The number of piperidine rings is 1. The van der Waals surface area contributed by atoms with Gasteiger partial charge in [-0.1, -0.05) is 18.7 Å². The van der Waals surface area contributed by atoms with Gasteiger partial charge in [0.05, 0.1) is 17.8 Å². The minimum Gasteiger partial charge on any atom is -0.491 e. The average molecular weight is 580 g/mol. The summed E-state index contributed by atoms with van der Waals surface area (Å²) in [4.78, 5) is 22.9. The minimum atomic E-state index is -2.59. The van der Waals surface area contributed by atoms with Gasteiger partial charge in [-0.2, -0.15) is 0 Å². The topological polar surface area (TPSA) is 79.4 Å². The van der Waals surface area contributed by atoms with Crippen molar-refractivity contribution in [1.29, 1.82) is 0 Å². The van der Waals surface area contributed by atoms with E-state index in [2.05, 4.69) is 27.2 Å². The number of benzene rings is 3. The fraction of sp³-hybridized carbons (Fsp3) is 0.258. The molecule has 42 heavy (non-hydrogen) atoms. The van der Waals surface area contributed by atoms with Crippen LogP contribution in [0.4, 0.5) is 34.8 Å². The Morgan fingerprint density at radius 1 is 1.07 bits per heavy atom. The Bertz CT molecular complexity index is 1600. The van der Waals surface area contributed by atoms with Gasteiger partial charge in [0, 0.05) is 61.2 Å². The molecule has 2 N–H and O–H groups in total. The van der Waals surface area contributed by atoms with E-state index in [0.29, 0.717) is 72.1 Å². The highest BCUT2D eigenvalue weighted by Crippen LogP contribution is 2.34. The number of anilines is 3. The first kappa shape index (κ1) is 29.0. The summed E-state index contributed by atoms with van der Waals surface area (Å²) in [5.41, 5.74) is 2.32. The second-order valence-corrected chi connectivity index (χ2v) is 10.0. The zero-order valence-electron chi connectivity index (χ0n) is 22.7. The van der Waals surface area contributed by atoms with Gasteiger partial charge in [-0.15, -0.1) is 0 Å². The number of fused-ring (bicyclic) bond motifs is 1. The molecule has 1 aliphatic rings. The predicted molar refractivity (Wildman–Crippen MR) is 154 cm³/mol. The molecule has 218 valence electrons. The molecule has 0 aliphatic carbocycles. The lowest BCUT2D eigenvalue weighted by Gasteiger charge is -2.31. The summed E-state index contributed by atoms with van der Waals surface area (Å²) in [5.74, 6) is -3.54. The summed E-state index contributed by atoms with van der Waals surface area (Å²) < 4.78 is 60.6. The van der Waals surface area contributed by atoms with Crippen LogP contribution in [-0.4, -0.2) is 52.9 Å². The van der Waals surface area contributed by atoms with E-state index in [4.69, 9.17) is 4.74 Å². The number of nitrogens with zero attached hydrogens (tertiary/aromatic N) is 3. The van der Waals surface area contributed by atoms with E-state index < -0.39 is 23.5 Å². The largest absolute Gasteiger partial charge is 0.491 e. The van der Waals surface area contributed by atoms with Crippen molar-refractivity contribution in [2.75, 3.05) is 36.9 Å². The predicted octanol–water partition coefficient (Wildman–Crippen LogP) is 6.94. The van der Waals surface area contributed by atoms with Crippen molar-refractivity contribution < 1.29 is 27.1 Å². The fourth-order valence-electron chi connectivity index (χ4n) is 4.78. The molecule has 2 heterocycles. The molecule has 1 fully saturated rings. The number of amides is 1. The van der Waals surface area contributed by atoms with E-state index >= 15 is 0 Å². The quantitative estimate of drug-likeness (QED) is 0.120. The number of rotatable bonds is 10. The van der Waals surface area contributed by atoms with Gasteiger partial charge in [-0.25, -0.2) is 27.5 Å². The van der Waals surface area contributed by atoms with Crippen molar-refractivity contribution in [1.82, 2.24) is 14.9 Å². The molecule has 0 unspecified atom stereocenters. The van der Waals surface area contributed by atoms with E-state index in [9.17, 15) is 22.4 Å². The maximum absolute atomic E-state index is 14.4. The van der Waals surface area contributed by atoms with Gasteiger partial charge < -0.3 is 20.3 Å². The van der Waals surface area contributed by atoms with Crippen LogP contribution >= 0.6 is 0 Å². The Kier molecular flexibility index (Phi) is 8.67. The molecule has 0 saturated carbocycles. The number of halogens is 4. The minimum absolute atomic E-state index is 0.139. The molecule has 0 spiro atoms. The normalized spacial score (nSPS) is 14.9. The monoisotopic (exact) mass is 579 g/mol. The molecule has 5 rings (SSSR count). The number of carbonyl (C=O) groups excluding carboxylic acids is 1. The van der Waals surface area contributed by atoms with Crippen molar-refractivity contribution in [3.05, 3.63) is 85.2 Å². The Hall–Kier alpha value is -4.51. The average Bonchev–Trinajstić information content (AvgIpc) is 2.96.